The van der Waals surface area contributed by atoms with Crippen molar-refractivity contribution in [1.29, 1.82) is 0 Å². The third-order valence-electron chi connectivity index (χ3n) is 2.07. The average Bonchev–Trinajstić information content (AvgIpc) is 2.48. The standard InChI is InChI=1S/C9H10FN3S/c1-6-12-8-7(14-6)4-3-5-11-9(8,2)13-10/h3-5,13H,1-2H3. The normalized spacial score (nSPS) is 24.8. The minimum Gasteiger partial charge on any atom is -0.262 e. The van der Waals surface area contributed by atoms with E-state index in [1.807, 2.05) is 13.0 Å². The fourth-order valence-corrected chi connectivity index (χ4v) is 2.30. The van der Waals surface area contributed by atoms with Crippen molar-refractivity contribution in [3.05, 3.63) is 21.7 Å². The largest absolute Gasteiger partial charge is 0.262 e. The highest BCUT2D eigenvalue weighted by atomic mass is 32.1. The molecule has 3 nitrogen and oxygen atoms in total. The molecule has 2 heterocycles. The molecule has 2 rings (SSSR count). The van der Waals surface area contributed by atoms with E-state index < -0.39 is 5.66 Å². The summed E-state index contributed by atoms with van der Waals surface area (Å²) in [5.41, 5.74) is 1.29. The van der Waals surface area contributed by atoms with Crippen molar-refractivity contribution < 1.29 is 4.48 Å². The van der Waals surface area contributed by atoms with Crippen LogP contribution in [0.2, 0.25) is 0 Å². The molecule has 14 heavy (non-hydrogen) atoms. The lowest BCUT2D eigenvalue weighted by molar-refractivity contribution is 0.190. The second-order valence-electron chi connectivity index (χ2n) is 3.25. The topological polar surface area (TPSA) is 37.3 Å². The molecule has 1 aromatic heterocycles. The first kappa shape index (κ1) is 9.48. The van der Waals surface area contributed by atoms with Gasteiger partial charge < -0.3 is 0 Å². The molecule has 0 amide bonds. The van der Waals surface area contributed by atoms with Crippen LogP contribution >= 0.6 is 11.3 Å². The molecule has 1 unspecified atom stereocenters. The van der Waals surface area contributed by atoms with Crippen molar-refractivity contribution in [3.63, 3.8) is 0 Å². The summed E-state index contributed by atoms with van der Waals surface area (Å²) >= 11 is 1.54. The number of fused-ring (bicyclic) bond motifs is 1. The number of aliphatic imine (C=N–C) groups is 1. The fourth-order valence-electron chi connectivity index (χ4n) is 1.36. The van der Waals surface area contributed by atoms with Crippen LogP contribution in [0.4, 0.5) is 4.48 Å². The van der Waals surface area contributed by atoms with Gasteiger partial charge in [0.1, 0.15) is 5.69 Å². The lowest BCUT2D eigenvalue weighted by Gasteiger charge is -2.19. The van der Waals surface area contributed by atoms with Crippen molar-refractivity contribution in [2.24, 2.45) is 4.99 Å². The number of aromatic nitrogens is 1. The summed E-state index contributed by atoms with van der Waals surface area (Å²) < 4.78 is 12.7. The summed E-state index contributed by atoms with van der Waals surface area (Å²) in [5.74, 6) is 0. The summed E-state index contributed by atoms with van der Waals surface area (Å²) in [4.78, 5) is 9.31. The first-order valence-electron chi connectivity index (χ1n) is 4.23. The van der Waals surface area contributed by atoms with E-state index in [0.717, 1.165) is 9.88 Å². The molecule has 0 bridgehead atoms. The number of hydrogen-bond acceptors (Lipinski definition) is 4. The van der Waals surface area contributed by atoms with E-state index in [2.05, 4.69) is 9.98 Å². The van der Waals surface area contributed by atoms with Gasteiger partial charge in [0.2, 0.25) is 0 Å². The van der Waals surface area contributed by atoms with E-state index in [1.54, 1.807) is 24.8 Å². The summed E-state index contributed by atoms with van der Waals surface area (Å²) in [6.45, 7) is 3.56. The van der Waals surface area contributed by atoms with Gasteiger partial charge in [-0.05, 0) is 26.0 Å². The van der Waals surface area contributed by atoms with Crippen LogP contribution < -0.4 is 5.54 Å². The van der Waals surface area contributed by atoms with Crippen LogP contribution in [0.5, 0.6) is 0 Å². The molecular weight excluding hydrogens is 201 g/mol. The van der Waals surface area contributed by atoms with E-state index >= 15 is 0 Å². The highest BCUT2D eigenvalue weighted by molar-refractivity contribution is 7.12. The number of allylic oxidation sites excluding steroid dienone is 1. The number of thiazole rings is 1. The molecular formula is C9H10FN3S. The summed E-state index contributed by atoms with van der Waals surface area (Å²) in [6, 6.07) is 0. The Labute approximate surface area is 85.3 Å². The van der Waals surface area contributed by atoms with Crippen LogP contribution in [0.1, 0.15) is 22.5 Å². The number of hydrogen-bond donors (Lipinski definition) is 1. The zero-order valence-corrected chi connectivity index (χ0v) is 8.73. The number of nitrogens with one attached hydrogen (secondary N) is 1. The van der Waals surface area contributed by atoms with Gasteiger partial charge in [-0.25, -0.2) is 4.98 Å². The zero-order chi connectivity index (χ0) is 10.2. The molecule has 0 saturated heterocycles. The first-order chi connectivity index (χ1) is 6.65. The van der Waals surface area contributed by atoms with Crippen molar-refractivity contribution in [2.75, 3.05) is 0 Å². The highest BCUT2D eigenvalue weighted by Gasteiger charge is 2.31. The minimum absolute atomic E-state index is 0.646. The van der Waals surface area contributed by atoms with Gasteiger partial charge in [0, 0.05) is 6.21 Å². The van der Waals surface area contributed by atoms with Crippen molar-refractivity contribution >= 4 is 23.6 Å². The molecule has 0 aliphatic carbocycles. The van der Waals surface area contributed by atoms with Gasteiger partial charge in [0.25, 0.3) is 0 Å². The Kier molecular flexibility index (Phi) is 2.20. The monoisotopic (exact) mass is 211 g/mol. The maximum atomic E-state index is 12.7. The minimum atomic E-state index is -1.05. The Morgan fingerprint density at radius 2 is 2.36 bits per heavy atom. The van der Waals surface area contributed by atoms with Crippen molar-refractivity contribution in [3.8, 4) is 0 Å². The van der Waals surface area contributed by atoms with E-state index in [0.29, 0.717) is 5.69 Å². The van der Waals surface area contributed by atoms with Gasteiger partial charge in [-0.3, -0.25) is 4.99 Å². The zero-order valence-electron chi connectivity index (χ0n) is 7.91. The number of halogens is 1. The van der Waals surface area contributed by atoms with Crippen molar-refractivity contribution in [2.45, 2.75) is 19.5 Å². The fraction of sp³-hybridized carbons (Fsp3) is 0.333. The Morgan fingerprint density at radius 1 is 1.57 bits per heavy atom. The lowest BCUT2D eigenvalue weighted by Crippen LogP contribution is -2.32. The molecule has 1 atom stereocenters. The van der Waals surface area contributed by atoms with Gasteiger partial charge >= 0.3 is 0 Å². The summed E-state index contributed by atoms with van der Waals surface area (Å²) in [6.07, 6.45) is 5.27. The lowest BCUT2D eigenvalue weighted by atomic mass is 10.1. The third kappa shape index (κ3) is 1.38. The number of rotatable bonds is 1. The molecule has 1 aliphatic rings. The molecule has 0 aromatic carbocycles. The van der Waals surface area contributed by atoms with Gasteiger partial charge in [-0.1, -0.05) is 0 Å². The molecule has 1 aromatic rings. The molecule has 74 valence electrons. The molecule has 1 N–H and O–H groups in total. The van der Waals surface area contributed by atoms with Crippen LogP contribution in [0, 0.1) is 6.92 Å². The smallest absolute Gasteiger partial charge is 0.177 e. The molecule has 0 spiro atoms. The average molecular weight is 211 g/mol. The summed E-state index contributed by atoms with van der Waals surface area (Å²) in [7, 11) is 0. The molecule has 0 saturated carbocycles. The maximum absolute atomic E-state index is 12.7. The Morgan fingerprint density at radius 3 is 3.07 bits per heavy atom. The van der Waals surface area contributed by atoms with E-state index in [1.165, 1.54) is 11.3 Å². The third-order valence-corrected chi connectivity index (χ3v) is 3.01. The predicted octanol–water partition coefficient (Wildman–Crippen LogP) is 2.20. The second-order valence-corrected chi connectivity index (χ2v) is 4.48. The molecule has 0 fully saturated rings. The van der Waals surface area contributed by atoms with Crippen LogP contribution in [-0.2, 0) is 5.66 Å². The molecule has 5 heteroatoms. The van der Waals surface area contributed by atoms with Gasteiger partial charge in [-0.15, -0.1) is 21.4 Å². The quantitative estimate of drug-likeness (QED) is 0.723. The van der Waals surface area contributed by atoms with Crippen LogP contribution in [0.25, 0.3) is 6.08 Å². The van der Waals surface area contributed by atoms with Crippen LogP contribution in [-0.4, -0.2) is 11.2 Å². The second kappa shape index (κ2) is 3.25. The van der Waals surface area contributed by atoms with Gasteiger partial charge in [-0.2, -0.15) is 0 Å². The number of aryl methyl sites for hydroxylation is 1. The maximum Gasteiger partial charge on any atom is 0.177 e. The van der Waals surface area contributed by atoms with Crippen LogP contribution in [0.3, 0.4) is 0 Å². The van der Waals surface area contributed by atoms with Gasteiger partial charge in [0.05, 0.1) is 9.88 Å². The Hall–Kier alpha value is -1.07. The van der Waals surface area contributed by atoms with E-state index in [4.69, 9.17) is 0 Å². The van der Waals surface area contributed by atoms with E-state index in [-0.39, 0.29) is 0 Å². The summed E-state index contributed by atoms with van der Waals surface area (Å²) in [5, 5.41) is 0.915. The first-order valence-corrected chi connectivity index (χ1v) is 5.05. The van der Waals surface area contributed by atoms with Gasteiger partial charge in [0.15, 0.2) is 5.66 Å². The highest BCUT2D eigenvalue weighted by Crippen LogP contribution is 2.31. The Balaban J connectivity index is 2.60. The SMILES string of the molecule is Cc1nc2c(s1)C=CC=NC2(C)NF. The number of nitrogens with zero attached hydrogens (tertiary/aromatic N) is 2. The molecule has 0 radical (unpaired) electrons. The van der Waals surface area contributed by atoms with Crippen LogP contribution in [0.15, 0.2) is 11.1 Å². The molecule has 1 aliphatic heterocycles. The van der Waals surface area contributed by atoms with Crippen molar-refractivity contribution in [1.82, 2.24) is 10.5 Å². The van der Waals surface area contributed by atoms with E-state index in [9.17, 15) is 4.48 Å². The Bertz CT molecular complexity index is 410. The predicted molar refractivity (Wildman–Crippen MR) is 56.0 cm³/mol.